The molecule has 0 saturated heterocycles. The van der Waals surface area contributed by atoms with Gasteiger partial charge in [-0.3, -0.25) is 4.79 Å². The molecule has 0 saturated carbocycles. The first-order chi connectivity index (χ1) is 6.13. The maximum Gasteiger partial charge on any atom is 0.310 e. The molecule has 0 aliphatic rings. The zero-order chi connectivity index (χ0) is 9.84. The molecule has 0 spiro atoms. The van der Waals surface area contributed by atoms with E-state index in [1.807, 2.05) is 0 Å². The number of ether oxygens (including phenoxy) is 1. The van der Waals surface area contributed by atoms with E-state index < -0.39 is 5.97 Å². The van der Waals surface area contributed by atoms with Crippen molar-refractivity contribution in [3.05, 3.63) is 33.1 Å². The Morgan fingerprint density at radius 2 is 2.31 bits per heavy atom. The number of rotatable bonds is 2. The fourth-order valence-corrected chi connectivity index (χ4v) is 1.46. The van der Waals surface area contributed by atoms with Crippen LogP contribution in [-0.4, -0.2) is 13.1 Å². The zero-order valence-corrected chi connectivity index (χ0v) is 9.17. The molecule has 2 nitrogen and oxygen atoms in total. The summed E-state index contributed by atoms with van der Waals surface area (Å²) in [6, 6.07) is 4.63. The first kappa shape index (κ1) is 10.4. The minimum Gasteiger partial charge on any atom is -0.469 e. The number of benzene rings is 1. The van der Waals surface area contributed by atoms with Gasteiger partial charge in [0, 0.05) is 3.57 Å². The predicted molar refractivity (Wildman–Crippen MR) is 54.8 cm³/mol. The SMILES string of the molecule is COC(=O)Cc1cc(I)ccc1F. The molecule has 0 unspecified atom stereocenters. The average molecular weight is 294 g/mol. The minimum absolute atomic E-state index is 0.0147. The molecule has 4 heteroatoms. The summed E-state index contributed by atoms with van der Waals surface area (Å²) in [5.41, 5.74) is 0.374. The van der Waals surface area contributed by atoms with Crippen LogP contribution in [0.4, 0.5) is 4.39 Å². The average Bonchev–Trinajstić information content (AvgIpc) is 2.11. The third-order valence-corrected chi connectivity index (χ3v) is 2.24. The summed E-state index contributed by atoms with van der Waals surface area (Å²) in [5.74, 6) is -0.799. The molecule has 0 radical (unpaired) electrons. The van der Waals surface area contributed by atoms with Gasteiger partial charge in [0.05, 0.1) is 13.5 Å². The summed E-state index contributed by atoms with van der Waals surface area (Å²) in [6.45, 7) is 0. The van der Waals surface area contributed by atoms with Crippen molar-refractivity contribution in [3.8, 4) is 0 Å². The van der Waals surface area contributed by atoms with Crippen LogP contribution in [0.15, 0.2) is 18.2 Å². The molecular weight excluding hydrogens is 286 g/mol. The van der Waals surface area contributed by atoms with Crippen molar-refractivity contribution >= 4 is 28.6 Å². The monoisotopic (exact) mass is 294 g/mol. The van der Waals surface area contributed by atoms with Gasteiger partial charge in [-0.1, -0.05) is 0 Å². The van der Waals surface area contributed by atoms with Crippen LogP contribution < -0.4 is 0 Å². The molecule has 70 valence electrons. The van der Waals surface area contributed by atoms with Crippen molar-refractivity contribution in [3.63, 3.8) is 0 Å². The lowest BCUT2D eigenvalue weighted by molar-refractivity contribution is -0.139. The quantitative estimate of drug-likeness (QED) is 0.617. The highest BCUT2D eigenvalue weighted by atomic mass is 127. The maximum absolute atomic E-state index is 13.1. The van der Waals surface area contributed by atoms with Gasteiger partial charge in [0.15, 0.2) is 0 Å². The van der Waals surface area contributed by atoms with Crippen molar-refractivity contribution in [1.82, 2.24) is 0 Å². The molecule has 0 fully saturated rings. The Balaban J connectivity index is 2.87. The minimum atomic E-state index is -0.430. The summed E-state index contributed by atoms with van der Waals surface area (Å²) in [6.07, 6.45) is -0.0147. The summed E-state index contributed by atoms with van der Waals surface area (Å²) in [7, 11) is 1.29. The van der Waals surface area contributed by atoms with Crippen LogP contribution in [0.2, 0.25) is 0 Å². The lowest BCUT2D eigenvalue weighted by Gasteiger charge is -2.01. The molecule has 1 rings (SSSR count). The fraction of sp³-hybridized carbons (Fsp3) is 0.222. The van der Waals surface area contributed by atoms with E-state index in [1.165, 1.54) is 13.2 Å². The predicted octanol–water partition coefficient (Wildman–Crippen LogP) is 2.15. The Kier molecular flexibility index (Phi) is 3.65. The number of halogens is 2. The summed E-state index contributed by atoms with van der Waals surface area (Å²) in [5, 5.41) is 0. The number of hydrogen-bond donors (Lipinski definition) is 0. The Morgan fingerprint density at radius 3 is 2.92 bits per heavy atom. The van der Waals surface area contributed by atoms with Gasteiger partial charge in [0.2, 0.25) is 0 Å². The van der Waals surface area contributed by atoms with E-state index >= 15 is 0 Å². The van der Waals surface area contributed by atoms with Crippen LogP contribution in [0.25, 0.3) is 0 Å². The van der Waals surface area contributed by atoms with Gasteiger partial charge in [0.1, 0.15) is 5.82 Å². The molecule has 0 atom stereocenters. The Hall–Kier alpha value is -0.650. The highest BCUT2D eigenvalue weighted by molar-refractivity contribution is 14.1. The Bertz CT molecular complexity index is 325. The van der Waals surface area contributed by atoms with Gasteiger partial charge in [-0.05, 0) is 46.4 Å². The van der Waals surface area contributed by atoms with E-state index in [-0.39, 0.29) is 12.2 Å². The third-order valence-electron chi connectivity index (χ3n) is 1.57. The van der Waals surface area contributed by atoms with Crippen LogP contribution in [-0.2, 0) is 16.0 Å². The van der Waals surface area contributed by atoms with Crippen LogP contribution >= 0.6 is 22.6 Å². The first-order valence-electron chi connectivity index (χ1n) is 3.64. The summed E-state index contributed by atoms with van der Waals surface area (Å²) < 4.78 is 18.4. The van der Waals surface area contributed by atoms with Crippen LogP contribution in [0.5, 0.6) is 0 Å². The highest BCUT2D eigenvalue weighted by Crippen LogP contribution is 2.13. The van der Waals surface area contributed by atoms with E-state index in [1.54, 1.807) is 12.1 Å². The van der Waals surface area contributed by atoms with E-state index in [9.17, 15) is 9.18 Å². The summed E-state index contributed by atoms with van der Waals surface area (Å²) in [4.78, 5) is 10.9. The molecule has 1 aromatic rings. The number of carbonyl (C=O) groups is 1. The number of esters is 1. The molecule has 1 aromatic carbocycles. The lowest BCUT2D eigenvalue weighted by Crippen LogP contribution is -2.06. The molecule has 0 bridgehead atoms. The largest absolute Gasteiger partial charge is 0.469 e. The van der Waals surface area contributed by atoms with E-state index in [0.717, 1.165) is 3.57 Å². The van der Waals surface area contributed by atoms with Crippen LogP contribution in [0.1, 0.15) is 5.56 Å². The van der Waals surface area contributed by atoms with E-state index in [2.05, 4.69) is 27.3 Å². The molecule has 0 amide bonds. The fourth-order valence-electron chi connectivity index (χ4n) is 0.906. The molecular formula is C9H8FIO2. The first-order valence-corrected chi connectivity index (χ1v) is 4.72. The molecule has 0 aromatic heterocycles. The second-order valence-corrected chi connectivity index (χ2v) is 3.73. The highest BCUT2D eigenvalue weighted by Gasteiger charge is 2.08. The van der Waals surface area contributed by atoms with Gasteiger partial charge in [-0.25, -0.2) is 4.39 Å². The number of carbonyl (C=O) groups excluding carboxylic acids is 1. The molecule has 0 aliphatic heterocycles. The zero-order valence-electron chi connectivity index (χ0n) is 7.01. The summed E-state index contributed by atoms with van der Waals surface area (Å²) >= 11 is 2.06. The van der Waals surface area contributed by atoms with Crippen molar-refractivity contribution in [1.29, 1.82) is 0 Å². The van der Waals surface area contributed by atoms with Crippen molar-refractivity contribution in [2.45, 2.75) is 6.42 Å². The van der Waals surface area contributed by atoms with Crippen molar-refractivity contribution < 1.29 is 13.9 Å². The second kappa shape index (κ2) is 4.55. The third kappa shape index (κ3) is 2.95. The van der Waals surface area contributed by atoms with Gasteiger partial charge in [-0.2, -0.15) is 0 Å². The van der Waals surface area contributed by atoms with Crippen molar-refractivity contribution in [2.75, 3.05) is 7.11 Å². The van der Waals surface area contributed by atoms with Crippen LogP contribution in [0.3, 0.4) is 0 Å². The van der Waals surface area contributed by atoms with E-state index in [0.29, 0.717) is 5.56 Å². The van der Waals surface area contributed by atoms with Gasteiger partial charge < -0.3 is 4.74 Å². The van der Waals surface area contributed by atoms with E-state index in [4.69, 9.17) is 0 Å². The maximum atomic E-state index is 13.1. The van der Waals surface area contributed by atoms with Crippen LogP contribution in [0, 0.1) is 9.39 Å². The number of hydrogen-bond acceptors (Lipinski definition) is 2. The normalized spacial score (nSPS) is 9.77. The molecule has 0 N–H and O–H groups in total. The van der Waals surface area contributed by atoms with Crippen molar-refractivity contribution in [2.24, 2.45) is 0 Å². The number of methoxy groups -OCH3 is 1. The van der Waals surface area contributed by atoms with Gasteiger partial charge in [0.25, 0.3) is 0 Å². The van der Waals surface area contributed by atoms with Gasteiger partial charge >= 0.3 is 5.97 Å². The molecule has 13 heavy (non-hydrogen) atoms. The Morgan fingerprint density at radius 1 is 1.62 bits per heavy atom. The topological polar surface area (TPSA) is 26.3 Å². The van der Waals surface area contributed by atoms with Gasteiger partial charge in [-0.15, -0.1) is 0 Å². The standard InChI is InChI=1S/C9H8FIO2/c1-13-9(12)5-6-4-7(11)2-3-8(6)10/h2-4H,5H2,1H3. The second-order valence-electron chi connectivity index (χ2n) is 2.49. The molecule has 0 aliphatic carbocycles. The molecule has 0 heterocycles. The lowest BCUT2D eigenvalue weighted by atomic mass is 10.1. The smallest absolute Gasteiger partial charge is 0.310 e. The Labute approximate surface area is 89.2 Å².